The number of aliphatic imine (C=N–C) groups is 1. The van der Waals surface area contributed by atoms with E-state index in [1.165, 1.54) is 21.9 Å². The molecule has 0 aromatic heterocycles. The Balaban J connectivity index is 1.09. The molecule has 2 saturated heterocycles. The number of guanidine groups is 2. The van der Waals surface area contributed by atoms with Gasteiger partial charge in [-0.3, -0.25) is 24.8 Å². The summed E-state index contributed by atoms with van der Waals surface area (Å²) in [6.45, 7) is 0.134. The highest BCUT2D eigenvalue weighted by atomic mass is 79.9. The molecule has 6 aromatic carbocycles. The third-order valence-electron chi connectivity index (χ3n) is 10.3. The molecule has 0 aliphatic carbocycles. The largest absolute Gasteiger partial charge is 0.573 e. The highest BCUT2D eigenvalue weighted by Crippen LogP contribution is 2.40. The van der Waals surface area contributed by atoms with Crippen molar-refractivity contribution in [1.82, 2.24) is 20.4 Å². The molecule has 13 heteroatoms. The van der Waals surface area contributed by atoms with Crippen LogP contribution >= 0.6 is 15.9 Å². The van der Waals surface area contributed by atoms with Crippen molar-refractivity contribution in [1.29, 1.82) is 5.41 Å². The first-order valence-electron chi connectivity index (χ1n) is 18.1. The molecular weight excluding hydrogens is 809 g/mol. The van der Waals surface area contributed by atoms with Crippen LogP contribution in [0.4, 0.5) is 18.9 Å². The number of hydrogen-bond donors (Lipinski definition) is 3. The number of carbonyl (C=O) groups excluding carboxylic acids is 2. The van der Waals surface area contributed by atoms with E-state index in [0.717, 1.165) is 16.7 Å². The Hall–Kier alpha value is -6.73. The lowest BCUT2D eigenvalue weighted by Crippen LogP contribution is -2.45. The number of carbonyl (C=O) groups is 2. The first kappa shape index (κ1) is 38.2. The van der Waals surface area contributed by atoms with Gasteiger partial charge in [0.15, 0.2) is 17.0 Å². The summed E-state index contributed by atoms with van der Waals surface area (Å²) in [6.07, 6.45) is -4.87. The van der Waals surface area contributed by atoms with Gasteiger partial charge in [0.1, 0.15) is 5.75 Å². The van der Waals surface area contributed by atoms with E-state index in [2.05, 4.69) is 31.3 Å². The van der Waals surface area contributed by atoms with Crippen LogP contribution in [-0.2, 0) is 27.2 Å². The molecule has 1 unspecified atom stereocenters. The molecule has 2 aliphatic heterocycles. The fraction of sp³-hybridized carbons (Fsp3) is 0.111. The fourth-order valence-electron chi connectivity index (χ4n) is 7.52. The summed E-state index contributed by atoms with van der Waals surface area (Å²) in [5, 5.41) is 15.4. The number of rotatable bonds is 9. The normalized spacial score (nSPS) is 18.4. The van der Waals surface area contributed by atoms with Gasteiger partial charge in [0, 0.05) is 11.5 Å². The topological polar surface area (TPSA) is 110 Å². The van der Waals surface area contributed by atoms with E-state index in [-0.39, 0.29) is 36.0 Å². The van der Waals surface area contributed by atoms with Gasteiger partial charge in [0.2, 0.25) is 5.96 Å². The van der Waals surface area contributed by atoms with Crippen molar-refractivity contribution >= 4 is 45.4 Å². The molecule has 0 radical (unpaired) electrons. The summed E-state index contributed by atoms with van der Waals surface area (Å²) >= 11 is 3.29. The quantitative estimate of drug-likeness (QED) is 0.135. The van der Waals surface area contributed by atoms with Gasteiger partial charge in [-0.25, -0.2) is 4.99 Å². The molecule has 9 nitrogen and oxygen atoms in total. The van der Waals surface area contributed by atoms with Crippen LogP contribution in [0.25, 0.3) is 11.1 Å². The average Bonchev–Trinajstić information content (AvgIpc) is 3.63. The maximum absolute atomic E-state index is 14.5. The Morgan fingerprint density at radius 3 is 1.79 bits per heavy atom. The van der Waals surface area contributed by atoms with Crippen LogP contribution in [0.5, 0.6) is 5.75 Å². The molecule has 3 N–H and O–H groups in total. The lowest BCUT2D eigenvalue weighted by molar-refractivity contribution is -0.274. The predicted octanol–water partition coefficient (Wildman–Crippen LogP) is 8.82. The third kappa shape index (κ3) is 6.98. The van der Waals surface area contributed by atoms with E-state index in [1.54, 1.807) is 49.5 Å². The fourth-order valence-corrected chi connectivity index (χ4v) is 8.00. The molecule has 58 heavy (non-hydrogen) atoms. The smallest absolute Gasteiger partial charge is 0.406 e. The van der Waals surface area contributed by atoms with Gasteiger partial charge in [-0.1, -0.05) is 137 Å². The predicted molar refractivity (Wildman–Crippen MR) is 218 cm³/mol. The maximum Gasteiger partial charge on any atom is 0.573 e. The Labute approximate surface area is 340 Å². The summed E-state index contributed by atoms with van der Waals surface area (Å²) in [5.41, 5.74) is 2.22. The zero-order valence-electron chi connectivity index (χ0n) is 30.8. The molecule has 0 bridgehead atoms. The Bertz CT molecular complexity index is 2520. The van der Waals surface area contributed by atoms with Crippen LogP contribution in [0.2, 0.25) is 0 Å². The second kappa shape index (κ2) is 15.0. The summed E-state index contributed by atoms with van der Waals surface area (Å²) < 4.78 is 44.0. The number of alkyl halides is 3. The van der Waals surface area contributed by atoms with Crippen LogP contribution in [-0.4, -0.2) is 46.9 Å². The molecule has 2 heterocycles. The third-order valence-corrected chi connectivity index (χ3v) is 10.7. The summed E-state index contributed by atoms with van der Waals surface area (Å²) in [6, 6.07) is 46.3. The van der Waals surface area contributed by atoms with E-state index in [0.29, 0.717) is 32.4 Å². The van der Waals surface area contributed by atoms with Gasteiger partial charge in [0.25, 0.3) is 11.8 Å². The molecule has 2 fully saturated rings. The SMILES string of the molecule is CN1C(=O)C(c2ccccc2)(c2cccc(-c3cc(Br)cc(OC(F)(F)F)c3)c2)NC1=Nc1ccc(CN2C(=N)NC(c3ccccc3)(c3ccccc3)C2=O)cc1. The monoisotopic (exact) mass is 842 g/mol. The lowest BCUT2D eigenvalue weighted by Gasteiger charge is -2.28. The van der Waals surface area contributed by atoms with E-state index in [1.807, 2.05) is 103 Å². The van der Waals surface area contributed by atoms with E-state index < -0.39 is 17.4 Å². The molecule has 6 aromatic rings. The van der Waals surface area contributed by atoms with Crippen molar-refractivity contribution in [3.05, 3.63) is 190 Å². The number of hydrogen-bond acceptors (Lipinski definition) is 5. The number of likely N-dealkylation sites (N-methyl/N-ethyl adjacent to an activating group) is 1. The average molecular weight is 844 g/mol. The lowest BCUT2D eigenvalue weighted by atomic mass is 9.81. The van der Waals surface area contributed by atoms with Crippen LogP contribution in [0.3, 0.4) is 0 Å². The molecule has 8 rings (SSSR count). The van der Waals surface area contributed by atoms with E-state index in [9.17, 15) is 22.8 Å². The van der Waals surface area contributed by atoms with Crippen molar-refractivity contribution < 1.29 is 27.5 Å². The molecule has 290 valence electrons. The minimum atomic E-state index is -4.87. The van der Waals surface area contributed by atoms with Crippen LogP contribution in [0.1, 0.15) is 27.8 Å². The Morgan fingerprint density at radius 2 is 1.22 bits per heavy atom. The zero-order chi connectivity index (χ0) is 40.7. The summed E-state index contributed by atoms with van der Waals surface area (Å²) in [4.78, 5) is 36.4. The van der Waals surface area contributed by atoms with Gasteiger partial charge < -0.3 is 15.4 Å². The Kier molecular flexibility index (Phi) is 9.85. The Morgan fingerprint density at radius 1 is 0.672 bits per heavy atom. The molecule has 1 atom stereocenters. The van der Waals surface area contributed by atoms with Crippen LogP contribution in [0.15, 0.2) is 167 Å². The number of amides is 2. The maximum atomic E-state index is 14.5. The molecular formula is C45H34BrF3N6O3. The van der Waals surface area contributed by atoms with E-state index >= 15 is 0 Å². The number of benzene rings is 6. The number of nitrogens with one attached hydrogen (secondary N) is 3. The van der Waals surface area contributed by atoms with Crippen molar-refractivity contribution in [2.24, 2.45) is 4.99 Å². The summed E-state index contributed by atoms with van der Waals surface area (Å²) in [5.74, 6) is -0.726. The molecule has 0 saturated carbocycles. The van der Waals surface area contributed by atoms with Crippen molar-refractivity contribution in [2.75, 3.05) is 7.05 Å². The van der Waals surface area contributed by atoms with E-state index in [4.69, 9.17) is 10.4 Å². The number of halogens is 4. The second-order valence-electron chi connectivity index (χ2n) is 13.9. The number of ether oxygens (including phenoxy) is 1. The first-order valence-corrected chi connectivity index (χ1v) is 18.9. The van der Waals surface area contributed by atoms with Crippen molar-refractivity contribution in [2.45, 2.75) is 24.0 Å². The second-order valence-corrected chi connectivity index (χ2v) is 14.8. The van der Waals surface area contributed by atoms with Crippen molar-refractivity contribution in [3.8, 4) is 16.9 Å². The zero-order valence-corrected chi connectivity index (χ0v) is 32.4. The first-order chi connectivity index (χ1) is 27.9. The minimum absolute atomic E-state index is 0.0198. The van der Waals surface area contributed by atoms with Gasteiger partial charge in [0.05, 0.1) is 12.2 Å². The molecule has 2 aliphatic rings. The van der Waals surface area contributed by atoms with Crippen molar-refractivity contribution in [3.63, 3.8) is 0 Å². The van der Waals surface area contributed by atoms with Gasteiger partial charge in [-0.05, 0) is 75.3 Å². The van der Waals surface area contributed by atoms with Gasteiger partial charge in [-0.2, -0.15) is 0 Å². The van der Waals surface area contributed by atoms with Gasteiger partial charge >= 0.3 is 6.36 Å². The standard InChI is InChI=1S/C45H34BrF3N6O3/c1-54-39(56)44(34-17-9-4-10-18-34,35-19-11-12-30(24-35)31-25-36(46)27-38(26-31)58-45(47,48)49)53-42(54)51-37-22-20-29(21-23-37)28-55-40(57)43(52-41(55)50,32-13-5-2-6-14-32)33-15-7-3-8-16-33/h2-27H,28H2,1H3,(H2,50,52)(H,51,53). The summed E-state index contributed by atoms with van der Waals surface area (Å²) in [7, 11) is 1.62. The van der Waals surface area contributed by atoms with Crippen LogP contribution < -0.4 is 15.4 Å². The van der Waals surface area contributed by atoms with Gasteiger partial charge in [-0.15, -0.1) is 13.2 Å². The van der Waals surface area contributed by atoms with Crippen LogP contribution in [0, 0.1) is 5.41 Å². The molecule has 2 amide bonds. The highest BCUT2D eigenvalue weighted by molar-refractivity contribution is 9.10. The number of nitrogens with zero attached hydrogens (tertiary/aromatic N) is 3. The minimum Gasteiger partial charge on any atom is -0.406 e. The molecule has 0 spiro atoms. The highest BCUT2D eigenvalue weighted by Gasteiger charge is 2.53.